The van der Waals surface area contributed by atoms with Gasteiger partial charge in [-0.1, -0.05) is 131 Å². The van der Waals surface area contributed by atoms with Crippen LogP contribution in [-0.4, -0.2) is 160 Å². The number of primary amides is 1. The number of nitrogens with two attached hydrogens (primary N) is 2. The normalized spacial score (nSPS) is 24.4. The molecule has 0 unspecified atom stereocenters. The van der Waals surface area contributed by atoms with Crippen molar-refractivity contribution in [3.63, 3.8) is 0 Å². The number of carbonyl (C=O) groups is 11. The van der Waals surface area contributed by atoms with Gasteiger partial charge in [-0.15, -0.1) is 0 Å². The minimum absolute atomic E-state index is 0.0176. The monoisotopic (exact) mass is 1230 g/mol. The number of carbonyl (C=O) groups excluding carboxylic acids is 11. The lowest BCUT2D eigenvalue weighted by Crippen LogP contribution is -2.62. The maximum absolute atomic E-state index is 15.1. The number of hydrogen-bond donors (Lipinski definition) is 13. The van der Waals surface area contributed by atoms with E-state index in [9.17, 15) is 58.2 Å². The van der Waals surface area contributed by atoms with Gasteiger partial charge in [0.25, 0.3) is 0 Å². The maximum Gasteiger partial charge on any atom is 0.246 e. The van der Waals surface area contributed by atoms with Gasteiger partial charge in [0, 0.05) is 32.2 Å². The number of phenols is 1. The Hall–Kier alpha value is -9.23. The fourth-order valence-electron chi connectivity index (χ4n) is 10.6. The van der Waals surface area contributed by atoms with Crippen molar-refractivity contribution in [3.05, 3.63) is 138 Å². The third kappa shape index (κ3) is 21.0. The van der Waals surface area contributed by atoms with Crippen molar-refractivity contribution >= 4 is 65.0 Å². The smallest absolute Gasteiger partial charge is 0.246 e. The molecule has 0 spiro atoms. The van der Waals surface area contributed by atoms with Gasteiger partial charge in [0.2, 0.25) is 65.0 Å². The molecule has 478 valence electrons. The highest BCUT2D eigenvalue weighted by Gasteiger charge is 2.42. The molecule has 2 saturated heterocycles. The third-order valence-corrected chi connectivity index (χ3v) is 15.3. The molecule has 2 aliphatic rings. The number of hydrogen-bond acceptors (Lipinski definition) is 14. The molecule has 4 aromatic rings. The van der Waals surface area contributed by atoms with E-state index in [1.807, 2.05) is 13.8 Å². The highest BCUT2D eigenvalue weighted by molar-refractivity contribution is 6.00. The van der Waals surface area contributed by atoms with Crippen molar-refractivity contribution in [2.45, 2.75) is 152 Å². The predicted molar refractivity (Wildman–Crippen MR) is 328 cm³/mol. The summed E-state index contributed by atoms with van der Waals surface area (Å²) in [5, 5.41) is 44.6. The molecule has 0 radical (unpaired) electrons. The number of aromatic hydroxyl groups is 1. The first kappa shape index (κ1) is 68.9. The van der Waals surface area contributed by atoms with Crippen LogP contribution in [0.1, 0.15) is 88.5 Å². The molecular weight excluding hydrogens is 1140 g/mol. The SMILES string of the molecule is CC(C)C[C@@H]1NC(=O)[C@H](CCCN)NC(=O)[C@H](C(C)C)NC(=O)[C@H](Cc2ccc(O)cc2)NC(=O)[C@H](CO)NC(=O)[C@H](CC(N)=O)NC(=O)[C@@H](Cc2ccccc2)NC(=O)[C@H](Cc2ccccc2)NC(=O)[C@@H]2CCCN2C(=O)[C@@H](Cc2ccccc2)NC1=O. The highest BCUT2D eigenvalue weighted by Crippen LogP contribution is 2.22. The molecule has 0 bridgehead atoms. The summed E-state index contributed by atoms with van der Waals surface area (Å²) in [4.78, 5) is 160. The molecule has 0 aliphatic carbocycles. The Morgan fingerprint density at radius 1 is 0.494 bits per heavy atom. The number of phenolic OH excluding ortho intramolecular Hbond substituents is 1. The van der Waals surface area contributed by atoms with Gasteiger partial charge >= 0.3 is 0 Å². The molecule has 10 atom stereocenters. The molecule has 0 saturated carbocycles. The average molecular weight is 1230 g/mol. The third-order valence-electron chi connectivity index (χ3n) is 15.3. The van der Waals surface area contributed by atoms with Crippen molar-refractivity contribution in [2.75, 3.05) is 19.7 Å². The van der Waals surface area contributed by atoms with E-state index in [0.717, 1.165) is 0 Å². The van der Waals surface area contributed by atoms with Crippen LogP contribution in [-0.2, 0) is 78.4 Å². The van der Waals surface area contributed by atoms with Crippen LogP contribution in [0.3, 0.4) is 0 Å². The van der Waals surface area contributed by atoms with E-state index in [0.29, 0.717) is 28.7 Å². The molecule has 2 fully saturated rings. The van der Waals surface area contributed by atoms with Gasteiger partial charge in [-0.25, -0.2) is 0 Å². The lowest BCUT2D eigenvalue weighted by Gasteiger charge is -2.32. The molecule has 2 heterocycles. The van der Waals surface area contributed by atoms with E-state index in [-0.39, 0.29) is 76.1 Å². The van der Waals surface area contributed by atoms with Crippen LogP contribution in [0.15, 0.2) is 115 Å². The molecule has 11 amide bonds. The quantitative estimate of drug-likeness (QED) is 0.0625. The molecule has 4 aromatic carbocycles. The maximum atomic E-state index is 15.1. The van der Waals surface area contributed by atoms with Crippen molar-refractivity contribution in [2.24, 2.45) is 23.3 Å². The predicted octanol–water partition coefficient (Wildman–Crippen LogP) is -0.661. The summed E-state index contributed by atoms with van der Waals surface area (Å²) in [5.41, 5.74) is 13.7. The summed E-state index contributed by atoms with van der Waals surface area (Å²) >= 11 is 0. The summed E-state index contributed by atoms with van der Waals surface area (Å²) in [6, 6.07) is 16.9. The number of amides is 11. The number of aliphatic hydroxyl groups excluding tert-OH is 1. The summed E-state index contributed by atoms with van der Waals surface area (Å²) in [7, 11) is 0. The Bertz CT molecular complexity index is 3080. The van der Waals surface area contributed by atoms with Crippen molar-refractivity contribution in [3.8, 4) is 5.75 Å². The number of fused-ring (bicyclic) bond motifs is 1. The van der Waals surface area contributed by atoms with Crippen LogP contribution in [0.25, 0.3) is 0 Å². The second-order valence-corrected chi connectivity index (χ2v) is 23.3. The zero-order chi connectivity index (χ0) is 64.7. The van der Waals surface area contributed by atoms with Crippen molar-refractivity contribution in [1.82, 2.24) is 52.8 Å². The van der Waals surface area contributed by atoms with Crippen LogP contribution in [0, 0.1) is 11.8 Å². The Morgan fingerprint density at radius 2 is 0.888 bits per heavy atom. The van der Waals surface area contributed by atoms with E-state index in [1.54, 1.807) is 105 Å². The fraction of sp³-hybridized carbons (Fsp3) is 0.453. The van der Waals surface area contributed by atoms with Gasteiger partial charge in [-0.3, -0.25) is 52.7 Å². The molecule has 89 heavy (non-hydrogen) atoms. The summed E-state index contributed by atoms with van der Waals surface area (Å²) < 4.78 is 0. The van der Waals surface area contributed by atoms with Gasteiger partial charge in [0.05, 0.1) is 13.0 Å². The molecule has 0 aromatic heterocycles. The topological polar surface area (TPSA) is 392 Å². The molecular formula is C64H84N12O13. The van der Waals surface area contributed by atoms with Gasteiger partial charge in [0.15, 0.2) is 0 Å². The zero-order valence-electron chi connectivity index (χ0n) is 50.6. The minimum atomic E-state index is -1.86. The number of aliphatic hydroxyl groups is 1. The van der Waals surface area contributed by atoms with Crippen LogP contribution in [0.2, 0.25) is 0 Å². The van der Waals surface area contributed by atoms with Gasteiger partial charge in [-0.2, -0.15) is 0 Å². The average Bonchev–Trinajstić information content (AvgIpc) is 3.10. The largest absolute Gasteiger partial charge is 0.508 e. The van der Waals surface area contributed by atoms with Gasteiger partial charge < -0.3 is 74.4 Å². The van der Waals surface area contributed by atoms with Crippen LogP contribution >= 0.6 is 0 Å². The van der Waals surface area contributed by atoms with Crippen LogP contribution in [0.5, 0.6) is 5.75 Å². The number of nitrogens with one attached hydrogen (secondary N) is 9. The summed E-state index contributed by atoms with van der Waals surface area (Å²) in [6.45, 7) is 5.98. The van der Waals surface area contributed by atoms with Crippen molar-refractivity contribution < 1.29 is 63.0 Å². The first-order valence-electron chi connectivity index (χ1n) is 30.1. The van der Waals surface area contributed by atoms with E-state index in [2.05, 4.69) is 47.9 Å². The van der Waals surface area contributed by atoms with Crippen molar-refractivity contribution in [1.29, 1.82) is 0 Å². The lowest BCUT2D eigenvalue weighted by atomic mass is 9.99. The Labute approximate surface area is 517 Å². The first-order chi connectivity index (χ1) is 42.5. The lowest BCUT2D eigenvalue weighted by molar-refractivity contribution is -0.142. The van der Waals surface area contributed by atoms with Gasteiger partial charge in [0.1, 0.15) is 66.2 Å². The molecule has 15 N–H and O–H groups in total. The van der Waals surface area contributed by atoms with Gasteiger partial charge in [-0.05, 0) is 84.9 Å². The van der Waals surface area contributed by atoms with Crippen LogP contribution < -0.4 is 59.3 Å². The molecule has 2 aliphatic heterocycles. The Balaban J connectivity index is 1.44. The second-order valence-electron chi connectivity index (χ2n) is 23.3. The van der Waals surface area contributed by atoms with E-state index in [1.165, 1.54) is 29.2 Å². The molecule has 25 heteroatoms. The van der Waals surface area contributed by atoms with E-state index in [4.69, 9.17) is 11.5 Å². The fourth-order valence-corrected chi connectivity index (χ4v) is 10.6. The zero-order valence-corrected chi connectivity index (χ0v) is 50.6. The number of benzene rings is 4. The van der Waals surface area contributed by atoms with E-state index >= 15 is 4.79 Å². The summed E-state index contributed by atoms with van der Waals surface area (Å²) in [6.07, 6.45) is -0.677. The van der Waals surface area contributed by atoms with Crippen LogP contribution in [0.4, 0.5) is 0 Å². The standard InChI is InChI=1S/C64H84N12O13/c1-37(2)30-45-56(81)73-50(34-41-20-12-7-13-21-41)64(89)76-29-15-23-52(76)62(87)72-47(32-40-18-10-6-11-19-40)58(83)69-46(31-39-16-8-5-9-17-39)57(82)71-49(35-53(66)79)59(84)74-51(36-77)61(86)70-48(33-42-24-26-43(78)27-25-42)60(85)75-54(38(3)4)63(88)67-44(22-14-28-65)55(80)68-45/h5-13,16-21,24-27,37-38,44-52,54,77-78H,14-15,22-23,28-36,65H2,1-4H3,(H2,66,79)(H,67,88)(H,68,80)(H,69,83)(H,70,86)(H,71,82)(H,72,87)(H,73,81)(H,74,84)(H,75,85)/t44-,45-,46+,47-,48-,49-,50+,51-,52-,54-/m0/s1. The summed E-state index contributed by atoms with van der Waals surface area (Å²) in [5.74, 6) is -10.9. The highest BCUT2D eigenvalue weighted by atomic mass is 16.3. The second kappa shape index (κ2) is 33.8. The Kier molecular flexibility index (Phi) is 26.1. The number of nitrogens with zero attached hydrogens (tertiary/aromatic N) is 1. The first-order valence-corrected chi connectivity index (χ1v) is 30.1. The minimum Gasteiger partial charge on any atom is -0.508 e. The molecule has 6 rings (SSSR count). The Morgan fingerprint density at radius 3 is 1.37 bits per heavy atom. The number of rotatable bonds is 17. The molecule has 25 nitrogen and oxygen atoms in total. The van der Waals surface area contributed by atoms with E-state index < -0.39 is 144 Å².